The molecule has 1 atom stereocenters. The van der Waals surface area contributed by atoms with Gasteiger partial charge in [0.25, 0.3) is 11.7 Å². The molecule has 6 nitrogen and oxygen atoms in total. The van der Waals surface area contributed by atoms with E-state index in [9.17, 15) is 14.7 Å². The summed E-state index contributed by atoms with van der Waals surface area (Å²) in [5.74, 6) is -1.45. The predicted octanol–water partition coefficient (Wildman–Crippen LogP) is 5.38. The third-order valence-corrected chi connectivity index (χ3v) is 5.89. The number of hydrogen-bond acceptors (Lipinski definition) is 5. The van der Waals surface area contributed by atoms with Gasteiger partial charge in [0, 0.05) is 11.3 Å². The largest absolute Gasteiger partial charge is 0.507 e. The Bertz CT molecular complexity index is 1300. The van der Waals surface area contributed by atoms with Crippen molar-refractivity contribution in [3.63, 3.8) is 0 Å². The highest BCUT2D eigenvalue weighted by Crippen LogP contribution is 2.43. The van der Waals surface area contributed by atoms with Crippen molar-refractivity contribution in [3.8, 4) is 6.07 Å². The summed E-state index contributed by atoms with van der Waals surface area (Å²) in [5, 5.41) is 20.5. The lowest BCUT2D eigenvalue weighted by atomic mass is 9.84. The summed E-state index contributed by atoms with van der Waals surface area (Å²) in [6.45, 7) is 8.04. The van der Waals surface area contributed by atoms with Gasteiger partial charge in [-0.15, -0.1) is 0 Å². The second-order valence-corrected chi connectivity index (χ2v) is 9.12. The lowest BCUT2D eigenvalue weighted by Gasteiger charge is -2.24. The first kappa shape index (κ1) is 22.1. The van der Waals surface area contributed by atoms with E-state index in [2.05, 4.69) is 20.8 Å². The number of aliphatic hydroxyl groups excluding tert-OH is 1. The number of anilines is 1. The fourth-order valence-electron chi connectivity index (χ4n) is 4.00. The van der Waals surface area contributed by atoms with Crippen molar-refractivity contribution in [1.29, 1.82) is 5.26 Å². The van der Waals surface area contributed by atoms with E-state index < -0.39 is 17.7 Å². The molecule has 2 aromatic carbocycles. The van der Waals surface area contributed by atoms with Gasteiger partial charge in [-0.2, -0.15) is 5.26 Å². The molecule has 1 amide bonds. The number of benzene rings is 2. The van der Waals surface area contributed by atoms with Crippen LogP contribution in [0.1, 0.15) is 54.8 Å². The van der Waals surface area contributed by atoms with Gasteiger partial charge in [-0.25, -0.2) is 0 Å². The Morgan fingerprint density at radius 3 is 2.36 bits per heavy atom. The van der Waals surface area contributed by atoms with Crippen molar-refractivity contribution in [1.82, 2.24) is 0 Å². The van der Waals surface area contributed by atoms with E-state index in [4.69, 9.17) is 9.68 Å². The SMILES string of the molecule is Cc1ccc(C(C)(C)C)cc1/C(O)=C1\C(=O)C(=O)N(c2ccc(C#N)cc2)C1c1ccco1. The minimum atomic E-state index is -0.939. The highest BCUT2D eigenvalue weighted by molar-refractivity contribution is 6.51. The molecule has 1 saturated heterocycles. The number of furan rings is 1. The molecular formula is C27H24N2O4. The van der Waals surface area contributed by atoms with E-state index in [1.807, 2.05) is 31.2 Å². The van der Waals surface area contributed by atoms with Gasteiger partial charge in [0.2, 0.25) is 0 Å². The molecule has 1 N–H and O–H groups in total. The molecule has 0 saturated carbocycles. The summed E-state index contributed by atoms with van der Waals surface area (Å²) in [7, 11) is 0. The van der Waals surface area contributed by atoms with Crippen LogP contribution in [0.4, 0.5) is 5.69 Å². The lowest BCUT2D eigenvalue weighted by molar-refractivity contribution is -0.132. The van der Waals surface area contributed by atoms with Gasteiger partial charge in [-0.1, -0.05) is 32.9 Å². The number of rotatable bonds is 3. The molecule has 1 unspecified atom stereocenters. The molecule has 1 fully saturated rings. The van der Waals surface area contributed by atoms with Crippen LogP contribution in [0.3, 0.4) is 0 Å². The number of nitrogens with zero attached hydrogens (tertiary/aromatic N) is 2. The molecule has 4 rings (SSSR count). The smallest absolute Gasteiger partial charge is 0.300 e. The first-order valence-electron chi connectivity index (χ1n) is 10.6. The number of ketones is 1. The third kappa shape index (κ3) is 3.83. The minimum absolute atomic E-state index is 0.0338. The maximum absolute atomic E-state index is 13.2. The topological polar surface area (TPSA) is 94.5 Å². The highest BCUT2D eigenvalue weighted by Gasteiger charge is 2.48. The zero-order valence-electron chi connectivity index (χ0n) is 18.9. The number of carbonyl (C=O) groups excluding carboxylic acids is 2. The standard InChI is InChI=1S/C27H24N2O4/c1-16-7-10-18(27(2,3)4)14-20(16)24(30)22-23(21-6-5-13-33-21)29(26(32)25(22)31)19-11-8-17(15-28)9-12-19/h5-14,23,30H,1-4H3/b24-22+. The number of amides is 1. The van der Waals surface area contributed by atoms with E-state index >= 15 is 0 Å². The van der Waals surface area contributed by atoms with E-state index in [0.29, 0.717) is 22.6 Å². The molecule has 33 heavy (non-hydrogen) atoms. The van der Waals surface area contributed by atoms with Crippen molar-refractivity contribution in [3.05, 3.63) is 94.4 Å². The quantitative estimate of drug-likeness (QED) is 0.335. The van der Waals surface area contributed by atoms with Crippen LogP contribution in [0, 0.1) is 18.3 Å². The zero-order chi connectivity index (χ0) is 23.9. The Morgan fingerprint density at radius 2 is 1.79 bits per heavy atom. The van der Waals surface area contributed by atoms with Crippen LogP contribution >= 0.6 is 0 Å². The van der Waals surface area contributed by atoms with Gasteiger partial charge in [0.1, 0.15) is 17.6 Å². The molecule has 1 aromatic heterocycles. The van der Waals surface area contributed by atoms with Gasteiger partial charge < -0.3 is 9.52 Å². The molecule has 0 radical (unpaired) electrons. The second kappa shape index (κ2) is 8.10. The molecule has 0 bridgehead atoms. The Balaban J connectivity index is 1.93. The highest BCUT2D eigenvalue weighted by atomic mass is 16.3. The van der Waals surface area contributed by atoms with Crippen LogP contribution in [-0.2, 0) is 15.0 Å². The zero-order valence-corrected chi connectivity index (χ0v) is 18.9. The van der Waals surface area contributed by atoms with Crippen molar-refractivity contribution >= 4 is 23.1 Å². The first-order chi connectivity index (χ1) is 15.6. The molecule has 0 aliphatic carbocycles. The summed E-state index contributed by atoms with van der Waals surface area (Å²) in [6.07, 6.45) is 1.46. The van der Waals surface area contributed by atoms with Gasteiger partial charge in [0.15, 0.2) is 0 Å². The van der Waals surface area contributed by atoms with E-state index in [1.165, 1.54) is 11.2 Å². The van der Waals surface area contributed by atoms with Crippen molar-refractivity contribution < 1.29 is 19.1 Å². The van der Waals surface area contributed by atoms with E-state index in [1.54, 1.807) is 36.4 Å². The number of hydrogen-bond donors (Lipinski definition) is 1. The van der Waals surface area contributed by atoms with Crippen molar-refractivity contribution in [2.45, 2.75) is 39.2 Å². The maximum Gasteiger partial charge on any atom is 0.300 e. The monoisotopic (exact) mass is 440 g/mol. The molecule has 3 aromatic rings. The van der Waals surface area contributed by atoms with Crippen LogP contribution in [0.2, 0.25) is 0 Å². The fraction of sp³-hybridized carbons (Fsp3) is 0.222. The number of Topliss-reactive ketones (excluding diaryl/α,β-unsaturated/α-hetero) is 1. The summed E-state index contributed by atoms with van der Waals surface area (Å²) in [4.78, 5) is 27.7. The van der Waals surface area contributed by atoms with Gasteiger partial charge in [-0.3, -0.25) is 14.5 Å². The van der Waals surface area contributed by atoms with Gasteiger partial charge in [-0.05, 0) is 65.9 Å². The van der Waals surface area contributed by atoms with E-state index in [-0.39, 0.29) is 16.7 Å². The Morgan fingerprint density at radius 1 is 1.09 bits per heavy atom. The number of carbonyl (C=O) groups is 2. The molecular weight excluding hydrogens is 416 g/mol. The molecule has 1 aliphatic rings. The number of aryl methyl sites for hydroxylation is 1. The lowest BCUT2D eigenvalue weighted by Crippen LogP contribution is -2.29. The maximum atomic E-state index is 13.2. The van der Waals surface area contributed by atoms with Gasteiger partial charge >= 0.3 is 0 Å². The fourth-order valence-corrected chi connectivity index (χ4v) is 4.00. The van der Waals surface area contributed by atoms with Crippen molar-refractivity contribution in [2.75, 3.05) is 4.90 Å². The molecule has 1 aliphatic heterocycles. The number of aliphatic hydroxyl groups is 1. The molecule has 0 spiro atoms. The summed E-state index contributed by atoms with van der Waals surface area (Å²) < 4.78 is 5.59. The van der Waals surface area contributed by atoms with Crippen LogP contribution in [0.5, 0.6) is 0 Å². The molecule has 2 heterocycles. The van der Waals surface area contributed by atoms with Crippen molar-refractivity contribution in [2.24, 2.45) is 0 Å². The summed E-state index contributed by atoms with van der Waals surface area (Å²) >= 11 is 0. The Labute approximate surface area is 192 Å². The average molecular weight is 440 g/mol. The normalized spacial score (nSPS) is 17.9. The summed E-state index contributed by atoms with van der Waals surface area (Å²) in [5.41, 5.74) is 2.92. The van der Waals surface area contributed by atoms with Crippen LogP contribution < -0.4 is 4.90 Å². The van der Waals surface area contributed by atoms with Crippen LogP contribution in [-0.4, -0.2) is 16.8 Å². The molecule has 166 valence electrons. The average Bonchev–Trinajstić information content (AvgIpc) is 3.40. The number of nitriles is 1. The van der Waals surface area contributed by atoms with Crippen LogP contribution in [0.25, 0.3) is 5.76 Å². The van der Waals surface area contributed by atoms with E-state index in [0.717, 1.165) is 11.1 Å². The summed E-state index contributed by atoms with van der Waals surface area (Å²) in [6, 6.07) is 16.5. The molecule has 6 heteroatoms. The Hall–Kier alpha value is -4.11. The predicted molar refractivity (Wildman–Crippen MR) is 125 cm³/mol. The van der Waals surface area contributed by atoms with Crippen LogP contribution in [0.15, 0.2) is 70.9 Å². The Kier molecular flexibility index (Phi) is 5.43. The first-order valence-corrected chi connectivity index (χ1v) is 10.6. The third-order valence-electron chi connectivity index (χ3n) is 5.89. The second-order valence-electron chi connectivity index (χ2n) is 9.12. The van der Waals surface area contributed by atoms with Gasteiger partial charge in [0.05, 0.1) is 23.5 Å². The minimum Gasteiger partial charge on any atom is -0.507 e.